The zero-order valence-corrected chi connectivity index (χ0v) is 15.3. The van der Waals surface area contributed by atoms with Gasteiger partial charge in [-0.25, -0.2) is 0 Å². The van der Waals surface area contributed by atoms with Crippen LogP contribution in [0, 0.1) is 17.8 Å². The minimum Gasteiger partial charge on any atom is -0.493 e. The zero-order chi connectivity index (χ0) is 19.0. The summed E-state index contributed by atoms with van der Waals surface area (Å²) in [5.41, 5.74) is 0.582. The highest BCUT2D eigenvalue weighted by molar-refractivity contribution is 6.22. The fraction of sp³-hybridized carbons (Fsp3) is 0.273. The van der Waals surface area contributed by atoms with E-state index in [1.165, 1.54) is 4.90 Å². The largest absolute Gasteiger partial charge is 0.493 e. The van der Waals surface area contributed by atoms with Gasteiger partial charge in [-0.1, -0.05) is 31.2 Å². The average Bonchev–Trinajstić information content (AvgIpc) is 2.95. The maximum Gasteiger partial charge on any atom is 0.238 e. The molecule has 5 heteroatoms. The van der Waals surface area contributed by atoms with Gasteiger partial charge in [-0.15, -0.1) is 0 Å². The molecule has 1 saturated heterocycles. The molecule has 0 N–H and O–H groups in total. The van der Waals surface area contributed by atoms with Crippen LogP contribution in [0.3, 0.4) is 0 Å². The van der Waals surface area contributed by atoms with E-state index < -0.39 is 0 Å². The average molecular weight is 363 g/mol. The number of carbonyl (C=O) groups is 2. The number of para-hydroxylation sites is 2. The predicted octanol–water partition coefficient (Wildman–Crippen LogP) is 4.19. The maximum absolute atomic E-state index is 12.8. The van der Waals surface area contributed by atoms with Crippen LogP contribution >= 0.6 is 0 Å². The van der Waals surface area contributed by atoms with Crippen molar-refractivity contribution in [1.29, 1.82) is 0 Å². The molecule has 2 aliphatic rings. The molecule has 1 fully saturated rings. The first-order chi connectivity index (χ1) is 13.1. The first kappa shape index (κ1) is 17.3. The molecule has 0 radical (unpaired) electrons. The van der Waals surface area contributed by atoms with E-state index >= 15 is 0 Å². The van der Waals surface area contributed by atoms with Crippen LogP contribution < -0.4 is 14.4 Å². The van der Waals surface area contributed by atoms with Crippen molar-refractivity contribution in [2.24, 2.45) is 17.8 Å². The van der Waals surface area contributed by atoms with Gasteiger partial charge >= 0.3 is 0 Å². The first-order valence-electron chi connectivity index (χ1n) is 9.05. The van der Waals surface area contributed by atoms with Crippen LogP contribution in [0.4, 0.5) is 5.69 Å². The van der Waals surface area contributed by atoms with Gasteiger partial charge in [-0.3, -0.25) is 14.5 Å². The van der Waals surface area contributed by atoms with Gasteiger partial charge in [-0.2, -0.15) is 0 Å². The Morgan fingerprint density at radius 1 is 0.963 bits per heavy atom. The smallest absolute Gasteiger partial charge is 0.238 e. The predicted molar refractivity (Wildman–Crippen MR) is 102 cm³/mol. The van der Waals surface area contributed by atoms with E-state index in [0.29, 0.717) is 29.4 Å². The lowest BCUT2D eigenvalue weighted by Gasteiger charge is -2.22. The quantitative estimate of drug-likeness (QED) is 0.604. The van der Waals surface area contributed by atoms with Gasteiger partial charge < -0.3 is 9.47 Å². The third kappa shape index (κ3) is 2.99. The van der Waals surface area contributed by atoms with Crippen molar-refractivity contribution in [3.05, 3.63) is 60.7 Å². The summed E-state index contributed by atoms with van der Waals surface area (Å²) < 4.78 is 11.1. The summed E-state index contributed by atoms with van der Waals surface area (Å²) in [5.74, 6) is 1.20. The molecule has 2 aromatic carbocycles. The highest BCUT2D eigenvalue weighted by atomic mass is 16.5. The van der Waals surface area contributed by atoms with Crippen molar-refractivity contribution >= 4 is 17.5 Å². The fourth-order valence-electron chi connectivity index (χ4n) is 3.90. The number of benzene rings is 2. The lowest BCUT2D eigenvalue weighted by atomic mass is 9.78. The number of amides is 2. The number of nitrogens with zero attached hydrogens (tertiary/aromatic N) is 1. The van der Waals surface area contributed by atoms with Crippen LogP contribution in [-0.4, -0.2) is 18.9 Å². The molecule has 0 unspecified atom stereocenters. The van der Waals surface area contributed by atoms with Crippen LogP contribution in [0.25, 0.3) is 0 Å². The number of hydrogen-bond donors (Lipinski definition) is 0. The molecule has 0 aromatic heterocycles. The number of hydrogen-bond acceptors (Lipinski definition) is 4. The van der Waals surface area contributed by atoms with Gasteiger partial charge in [-0.05, 0) is 48.7 Å². The summed E-state index contributed by atoms with van der Waals surface area (Å²) in [6.07, 6.45) is 4.66. The molecule has 2 aromatic rings. The molecule has 5 nitrogen and oxygen atoms in total. The minimum atomic E-state index is -0.257. The number of imide groups is 1. The number of ether oxygens (including phenoxy) is 2. The van der Waals surface area contributed by atoms with E-state index in [2.05, 4.69) is 0 Å². The van der Waals surface area contributed by atoms with Crippen molar-refractivity contribution < 1.29 is 19.1 Å². The van der Waals surface area contributed by atoms with E-state index in [4.69, 9.17) is 9.47 Å². The number of carbonyl (C=O) groups excluding carboxylic acids is 2. The molecule has 3 atom stereocenters. The molecule has 1 aliphatic heterocycles. The summed E-state index contributed by atoms with van der Waals surface area (Å²) in [6.45, 7) is 1.99. The van der Waals surface area contributed by atoms with Gasteiger partial charge in [0, 0.05) is 0 Å². The van der Waals surface area contributed by atoms with Crippen molar-refractivity contribution in [3.63, 3.8) is 0 Å². The fourth-order valence-corrected chi connectivity index (χ4v) is 3.90. The summed E-state index contributed by atoms with van der Waals surface area (Å²) in [6, 6.07) is 14.4. The van der Waals surface area contributed by atoms with Crippen LogP contribution in [0.5, 0.6) is 17.2 Å². The number of anilines is 1. The summed E-state index contributed by atoms with van der Waals surface area (Å²) in [5, 5.41) is 0. The van der Waals surface area contributed by atoms with Crippen LogP contribution in [0.2, 0.25) is 0 Å². The molecule has 2 amide bonds. The minimum absolute atomic E-state index is 0.0818. The molecule has 1 heterocycles. The van der Waals surface area contributed by atoms with Gasteiger partial charge in [0.1, 0.15) is 5.75 Å². The second-order valence-corrected chi connectivity index (χ2v) is 6.91. The molecule has 4 rings (SSSR count). The molecule has 1 aliphatic carbocycles. The summed E-state index contributed by atoms with van der Waals surface area (Å²) in [4.78, 5) is 26.9. The SMILES string of the molecule is COc1ccccc1Oc1ccc(N2C(=O)[C@@H]3[C@@H](C)C=CC[C@H]3C2=O)cc1. The van der Waals surface area contributed by atoms with Gasteiger partial charge in [0.25, 0.3) is 0 Å². The standard InChI is InChI=1S/C22H21NO4/c1-14-6-5-7-17-20(14)22(25)23(21(17)24)15-10-12-16(13-11-15)27-19-9-4-3-8-18(19)26-2/h3-6,8-14,17,20H,7H2,1-2H3/t14-,17+,20+/m0/s1. The third-order valence-corrected chi connectivity index (χ3v) is 5.26. The molecule has 27 heavy (non-hydrogen) atoms. The van der Waals surface area contributed by atoms with Crippen molar-refractivity contribution in [3.8, 4) is 17.2 Å². The lowest BCUT2D eigenvalue weighted by molar-refractivity contribution is -0.122. The molecule has 138 valence electrons. The molecule has 0 bridgehead atoms. The van der Waals surface area contributed by atoms with E-state index in [0.717, 1.165) is 0 Å². The number of rotatable bonds is 4. The Morgan fingerprint density at radius 3 is 2.33 bits per heavy atom. The zero-order valence-electron chi connectivity index (χ0n) is 15.3. The number of methoxy groups -OCH3 is 1. The summed E-state index contributed by atoms with van der Waals surface area (Å²) >= 11 is 0. The van der Waals surface area contributed by atoms with E-state index in [1.54, 1.807) is 31.4 Å². The Morgan fingerprint density at radius 2 is 1.67 bits per heavy atom. The lowest BCUT2D eigenvalue weighted by Crippen LogP contribution is -2.31. The molecule has 0 spiro atoms. The van der Waals surface area contributed by atoms with E-state index in [-0.39, 0.29) is 29.6 Å². The number of fused-ring (bicyclic) bond motifs is 1. The highest BCUT2D eigenvalue weighted by Crippen LogP contribution is 2.41. The topological polar surface area (TPSA) is 55.8 Å². The monoisotopic (exact) mass is 363 g/mol. The van der Waals surface area contributed by atoms with Crippen molar-refractivity contribution in [2.45, 2.75) is 13.3 Å². The van der Waals surface area contributed by atoms with Gasteiger partial charge in [0.05, 0.1) is 24.6 Å². The Bertz CT molecular complexity index is 903. The number of allylic oxidation sites excluding steroid dienone is 2. The molecule has 0 saturated carbocycles. The molecular formula is C22H21NO4. The maximum atomic E-state index is 12.8. The van der Waals surface area contributed by atoms with Crippen LogP contribution in [0.15, 0.2) is 60.7 Å². The van der Waals surface area contributed by atoms with Crippen LogP contribution in [0.1, 0.15) is 13.3 Å². The Balaban J connectivity index is 1.56. The second kappa shape index (κ2) is 6.91. The Kier molecular flexibility index (Phi) is 4.44. The molecular weight excluding hydrogens is 342 g/mol. The first-order valence-corrected chi connectivity index (χ1v) is 9.05. The summed E-state index contributed by atoms with van der Waals surface area (Å²) in [7, 11) is 1.59. The van der Waals surface area contributed by atoms with E-state index in [9.17, 15) is 9.59 Å². The normalized spacial score (nSPS) is 24.1. The van der Waals surface area contributed by atoms with Gasteiger partial charge in [0.15, 0.2) is 11.5 Å². The van der Waals surface area contributed by atoms with Crippen molar-refractivity contribution in [1.82, 2.24) is 0 Å². The van der Waals surface area contributed by atoms with Gasteiger partial charge in [0.2, 0.25) is 11.8 Å². The van der Waals surface area contributed by atoms with Crippen LogP contribution in [-0.2, 0) is 9.59 Å². The third-order valence-electron chi connectivity index (χ3n) is 5.26. The second-order valence-electron chi connectivity index (χ2n) is 6.91. The highest BCUT2D eigenvalue weighted by Gasteiger charge is 2.50. The van der Waals surface area contributed by atoms with Crippen molar-refractivity contribution in [2.75, 3.05) is 12.0 Å². The Labute approximate surface area is 158 Å². The van der Waals surface area contributed by atoms with E-state index in [1.807, 2.05) is 43.3 Å². The Hall–Kier alpha value is -3.08.